The molecule has 0 saturated heterocycles. The lowest BCUT2D eigenvalue weighted by molar-refractivity contribution is 0.584. The maximum atomic E-state index is 6.75. The van der Waals surface area contributed by atoms with E-state index in [1.54, 1.807) is 0 Å². The van der Waals surface area contributed by atoms with Gasteiger partial charge in [0.2, 0.25) is 0 Å². The molecule has 62 heavy (non-hydrogen) atoms. The van der Waals surface area contributed by atoms with Crippen LogP contribution in [0.15, 0.2) is 217 Å². The van der Waals surface area contributed by atoms with E-state index < -0.39 is 0 Å². The zero-order valence-electron chi connectivity index (χ0n) is 33.6. The maximum Gasteiger partial charge on any atom is 0.164 e. The summed E-state index contributed by atoms with van der Waals surface area (Å²) >= 11 is 0. The minimum absolute atomic E-state index is 0.0715. The van der Waals surface area contributed by atoms with Crippen LogP contribution in [-0.4, -0.2) is 21.0 Å². The Morgan fingerprint density at radius 2 is 0.903 bits per heavy atom. The summed E-state index contributed by atoms with van der Waals surface area (Å²) in [6.07, 6.45) is 4.47. The van der Waals surface area contributed by atoms with Crippen LogP contribution in [-0.2, 0) is 0 Å². The van der Waals surface area contributed by atoms with Gasteiger partial charge in [0, 0.05) is 44.9 Å². The van der Waals surface area contributed by atoms with E-state index in [2.05, 4.69) is 187 Å². The summed E-state index contributed by atoms with van der Waals surface area (Å²) in [7, 11) is 0. The van der Waals surface area contributed by atoms with Gasteiger partial charge >= 0.3 is 0 Å². The molecular formula is C57H38N4O. The second-order valence-electron chi connectivity index (χ2n) is 16.0. The summed E-state index contributed by atoms with van der Waals surface area (Å²) in [6.45, 7) is 0. The molecule has 0 spiro atoms. The Balaban J connectivity index is 0.913. The molecule has 0 N–H and O–H groups in total. The highest BCUT2D eigenvalue weighted by Crippen LogP contribution is 2.54. The average molecular weight is 795 g/mol. The molecule has 5 nitrogen and oxygen atoms in total. The topological polar surface area (TPSA) is 55.1 Å². The smallest absolute Gasteiger partial charge is 0.164 e. The minimum Gasteiger partial charge on any atom is -0.456 e. The number of fused-ring (bicyclic) bond motifs is 7. The van der Waals surface area contributed by atoms with Gasteiger partial charge in [-0.25, -0.2) is 15.0 Å². The Bertz CT molecular complexity index is 3300. The van der Waals surface area contributed by atoms with Crippen molar-refractivity contribution in [3.05, 3.63) is 229 Å². The summed E-state index contributed by atoms with van der Waals surface area (Å²) in [6, 6.07) is 72.6. The molecule has 292 valence electrons. The first kappa shape index (κ1) is 35.8. The number of para-hydroxylation sites is 1. The van der Waals surface area contributed by atoms with Gasteiger partial charge in [0.1, 0.15) is 11.3 Å². The molecule has 2 atom stereocenters. The highest BCUT2D eigenvalue weighted by atomic mass is 16.3. The first-order valence-corrected chi connectivity index (χ1v) is 21.1. The number of benzene rings is 8. The fourth-order valence-electron chi connectivity index (χ4n) is 9.34. The molecule has 2 aliphatic rings. The van der Waals surface area contributed by atoms with Gasteiger partial charge in [0.05, 0.1) is 6.04 Å². The van der Waals surface area contributed by atoms with Crippen molar-refractivity contribution in [1.82, 2.24) is 15.0 Å². The highest BCUT2D eigenvalue weighted by molar-refractivity contribution is 5.92. The zero-order chi connectivity index (χ0) is 41.0. The second kappa shape index (κ2) is 14.8. The van der Waals surface area contributed by atoms with Crippen molar-refractivity contribution in [2.45, 2.75) is 12.0 Å². The average Bonchev–Trinajstić information content (AvgIpc) is 3.90. The molecule has 8 aromatic carbocycles. The molecule has 1 aliphatic heterocycles. The van der Waals surface area contributed by atoms with Gasteiger partial charge in [-0.2, -0.15) is 0 Å². The van der Waals surface area contributed by atoms with Crippen LogP contribution in [0.2, 0.25) is 0 Å². The maximum absolute atomic E-state index is 6.75. The second-order valence-corrected chi connectivity index (χ2v) is 16.0. The fourth-order valence-corrected chi connectivity index (χ4v) is 9.34. The van der Waals surface area contributed by atoms with E-state index in [4.69, 9.17) is 19.4 Å². The first-order chi connectivity index (χ1) is 30.7. The van der Waals surface area contributed by atoms with Gasteiger partial charge in [-0.3, -0.25) is 0 Å². The van der Waals surface area contributed by atoms with Crippen molar-refractivity contribution >= 4 is 28.4 Å². The molecule has 3 heterocycles. The molecule has 1 aliphatic carbocycles. The normalized spacial score (nSPS) is 15.0. The van der Waals surface area contributed by atoms with Gasteiger partial charge in [-0.1, -0.05) is 182 Å². The number of aromatic nitrogens is 3. The molecule has 0 radical (unpaired) electrons. The van der Waals surface area contributed by atoms with Gasteiger partial charge in [-0.05, 0) is 75.4 Å². The van der Waals surface area contributed by atoms with Crippen LogP contribution in [0.25, 0.3) is 84.6 Å². The van der Waals surface area contributed by atoms with E-state index in [-0.39, 0.29) is 12.0 Å². The van der Waals surface area contributed by atoms with Crippen LogP contribution in [0.3, 0.4) is 0 Å². The van der Waals surface area contributed by atoms with Crippen molar-refractivity contribution in [1.29, 1.82) is 0 Å². The van der Waals surface area contributed by atoms with E-state index in [0.717, 1.165) is 50.2 Å². The van der Waals surface area contributed by atoms with Gasteiger partial charge in [-0.15, -0.1) is 0 Å². The molecule has 10 aromatic rings. The van der Waals surface area contributed by atoms with Gasteiger partial charge in [0.15, 0.2) is 17.5 Å². The van der Waals surface area contributed by atoms with E-state index >= 15 is 0 Å². The fraction of sp³-hybridized carbons (Fsp3) is 0.0351. The predicted molar refractivity (Wildman–Crippen MR) is 252 cm³/mol. The summed E-state index contributed by atoms with van der Waals surface area (Å²) in [5, 5.41) is 1.10. The molecule has 0 amide bonds. The zero-order valence-corrected chi connectivity index (χ0v) is 33.6. The van der Waals surface area contributed by atoms with Crippen LogP contribution < -0.4 is 4.90 Å². The third-order valence-corrected chi connectivity index (χ3v) is 12.3. The lowest BCUT2D eigenvalue weighted by Crippen LogP contribution is -2.30. The molecule has 0 bridgehead atoms. The quantitative estimate of drug-likeness (QED) is 0.161. The minimum atomic E-state index is 0.0715. The Kier molecular flexibility index (Phi) is 8.56. The van der Waals surface area contributed by atoms with Crippen molar-refractivity contribution in [2.24, 2.45) is 0 Å². The number of anilines is 2. The van der Waals surface area contributed by atoms with Crippen molar-refractivity contribution < 1.29 is 4.42 Å². The third-order valence-electron chi connectivity index (χ3n) is 12.3. The van der Waals surface area contributed by atoms with Crippen molar-refractivity contribution in [3.8, 4) is 67.5 Å². The molecule has 5 heteroatoms. The lowest BCUT2D eigenvalue weighted by Gasteiger charge is -2.30. The molecular weight excluding hydrogens is 757 g/mol. The number of rotatable bonds is 7. The van der Waals surface area contributed by atoms with Gasteiger partial charge < -0.3 is 9.32 Å². The molecule has 2 aromatic heterocycles. The van der Waals surface area contributed by atoms with Crippen molar-refractivity contribution in [3.63, 3.8) is 0 Å². The Morgan fingerprint density at radius 1 is 0.403 bits per heavy atom. The predicted octanol–water partition coefficient (Wildman–Crippen LogP) is 14.3. The molecule has 0 fully saturated rings. The van der Waals surface area contributed by atoms with Crippen LogP contribution >= 0.6 is 0 Å². The SMILES string of the molecule is C1=CC2C(c3ccccc3N2c2cccc(-c3ccc(-c4ccccc4)cc3)c2)c2c1oc1cc(-c3nc(-c4ccccc4)nc(-c4cccc(-c5ccccc5)c4)n3)ccc21. The number of nitrogens with zero attached hydrogens (tertiary/aromatic N) is 4. The highest BCUT2D eigenvalue weighted by Gasteiger charge is 2.43. The third kappa shape index (κ3) is 6.22. The number of hydrogen-bond donors (Lipinski definition) is 0. The Labute approximate surface area is 360 Å². The number of furan rings is 1. The van der Waals surface area contributed by atoms with E-state index in [1.807, 2.05) is 36.4 Å². The van der Waals surface area contributed by atoms with Crippen LogP contribution in [0.4, 0.5) is 11.4 Å². The first-order valence-electron chi connectivity index (χ1n) is 21.1. The molecule has 2 unspecified atom stereocenters. The van der Waals surface area contributed by atoms with E-state index in [1.165, 1.54) is 39.1 Å². The summed E-state index contributed by atoms with van der Waals surface area (Å²) < 4.78 is 6.75. The summed E-state index contributed by atoms with van der Waals surface area (Å²) in [5.41, 5.74) is 15.5. The standard InChI is InChI=1S/C57H38N4O/c1-4-14-37(15-5-1)39-26-28-40(29-27-39)43-21-13-23-46(35-43)61-49-25-11-10-24-47(49)53-50(61)32-33-51-54(53)48-31-30-45(36-52(48)62-51)57-59-55(41-18-8-3-9-19-41)58-56(60-57)44-22-12-20-42(34-44)38-16-6-2-7-17-38/h1-36,50,53H. The largest absolute Gasteiger partial charge is 0.456 e. The Morgan fingerprint density at radius 3 is 1.61 bits per heavy atom. The Hall–Kier alpha value is -8.15. The molecule has 12 rings (SSSR count). The van der Waals surface area contributed by atoms with Gasteiger partial charge in [0.25, 0.3) is 0 Å². The summed E-state index contributed by atoms with van der Waals surface area (Å²) in [4.78, 5) is 17.7. The monoisotopic (exact) mass is 794 g/mol. The van der Waals surface area contributed by atoms with Crippen LogP contribution in [0.5, 0.6) is 0 Å². The lowest BCUT2D eigenvalue weighted by atomic mass is 9.82. The van der Waals surface area contributed by atoms with Crippen LogP contribution in [0.1, 0.15) is 22.8 Å². The summed E-state index contributed by atoms with van der Waals surface area (Å²) in [5.74, 6) is 2.80. The van der Waals surface area contributed by atoms with Crippen LogP contribution in [0, 0.1) is 0 Å². The van der Waals surface area contributed by atoms with Crippen molar-refractivity contribution in [2.75, 3.05) is 4.90 Å². The molecule has 0 saturated carbocycles. The van der Waals surface area contributed by atoms with E-state index in [0.29, 0.717) is 17.5 Å². The number of hydrogen-bond acceptors (Lipinski definition) is 5. The van der Waals surface area contributed by atoms with E-state index in [9.17, 15) is 0 Å².